The predicted octanol–water partition coefficient (Wildman–Crippen LogP) is 3.78. The van der Waals surface area contributed by atoms with Crippen molar-refractivity contribution in [3.8, 4) is 0 Å². The second-order valence-electron chi connectivity index (χ2n) is 4.71. The lowest BCUT2D eigenvalue weighted by Crippen LogP contribution is -1.84. The van der Waals surface area contributed by atoms with Gasteiger partial charge < -0.3 is 4.42 Å². The van der Waals surface area contributed by atoms with Crippen LogP contribution in [-0.4, -0.2) is 9.78 Å². The van der Waals surface area contributed by atoms with E-state index in [0.717, 1.165) is 27.6 Å². The molecule has 0 radical (unpaired) electrons. The quantitative estimate of drug-likeness (QED) is 0.465. The van der Waals surface area contributed by atoms with E-state index in [1.807, 2.05) is 24.7 Å². The van der Waals surface area contributed by atoms with Crippen molar-refractivity contribution in [1.29, 1.82) is 0 Å². The summed E-state index contributed by atoms with van der Waals surface area (Å²) in [5.74, 6) is 0.924. The van der Waals surface area contributed by atoms with Crippen LogP contribution in [0.3, 0.4) is 0 Å². The summed E-state index contributed by atoms with van der Waals surface area (Å²) in [6.07, 6.45) is 2.07. The molecule has 0 saturated carbocycles. The Bertz CT molecular complexity index is 824. The highest BCUT2D eigenvalue weighted by Gasteiger charge is 2.14. The second-order valence-corrected chi connectivity index (χ2v) is 4.71. The van der Waals surface area contributed by atoms with Crippen LogP contribution >= 0.6 is 0 Å². The van der Waals surface area contributed by atoms with Crippen molar-refractivity contribution in [2.24, 2.45) is 7.05 Å². The van der Waals surface area contributed by atoms with Crippen molar-refractivity contribution in [3.05, 3.63) is 42.3 Å². The minimum atomic E-state index is 0.924. The summed E-state index contributed by atoms with van der Waals surface area (Å²) in [6.45, 7) is 1.98. The molecule has 2 aromatic carbocycles. The number of fused-ring (bicyclic) bond motifs is 6. The first-order valence-electron chi connectivity index (χ1n) is 5.98. The summed E-state index contributed by atoms with van der Waals surface area (Å²) in [5.41, 5.74) is 1.96. The Balaban J connectivity index is 2.44. The molecule has 0 bridgehead atoms. The molecule has 0 N–H and O–H groups in total. The third kappa shape index (κ3) is 1.11. The van der Waals surface area contributed by atoms with Gasteiger partial charge in [0.25, 0.3) is 0 Å². The van der Waals surface area contributed by atoms with Crippen molar-refractivity contribution >= 4 is 32.6 Å². The molecule has 18 heavy (non-hydrogen) atoms. The maximum absolute atomic E-state index is 5.85. The van der Waals surface area contributed by atoms with Gasteiger partial charge in [0.15, 0.2) is 0 Å². The largest absolute Gasteiger partial charge is 0.461 e. The summed E-state index contributed by atoms with van der Waals surface area (Å²) in [4.78, 5) is 0. The minimum Gasteiger partial charge on any atom is -0.461 e. The standard InChI is InChI=1S/C15H12N2O/c1-9-7-12-14-13(8-17(2)16-14)10-5-3-4-6-11(10)15(12)18-9/h3-8H,1-2H3. The molecule has 0 spiro atoms. The Morgan fingerprint density at radius 2 is 1.83 bits per heavy atom. The molecule has 0 aliphatic rings. The van der Waals surface area contributed by atoms with Crippen molar-refractivity contribution in [2.45, 2.75) is 6.92 Å². The molecule has 0 atom stereocenters. The first-order valence-corrected chi connectivity index (χ1v) is 5.98. The van der Waals surface area contributed by atoms with Gasteiger partial charge in [-0.05, 0) is 18.4 Å². The summed E-state index contributed by atoms with van der Waals surface area (Å²) in [7, 11) is 1.95. The van der Waals surface area contributed by atoms with E-state index in [9.17, 15) is 0 Å². The first-order chi connectivity index (χ1) is 8.74. The van der Waals surface area contributed by atoms with Crippen molar-refractivity contribution < 1.29 is 4.42 Å². The SMILES string of the molecule is Cc1cc2c3nn(C)cc3c3ccccc3c2o1. The third-order valence-corrected chi connectivity index (χ3v) is 3.40. The maximum Gasteiger partial charge on any atom is 0.144 e. The van der Waals surface area contributed by atoms with E-state index in [1.165, 1.54) is 10.8 Å². The Hall–Kier alpha value is -2.29. The molecule has 2 heterocycles. The average Bonchev–Trinajstić information content (AvgIpc) is 2.92. The van der Waals surface area contributed by atoms with Gasteiger partial charge in [-0.2, -0.15) is 5.10 Å². The third-order valence-electron chi connectivity index (χ3n) is 3.40. The molecule has 0 saturated heterocycles. The lowest BCUT2D eigenvalue weighted by molar-refractivity contribution is 0.581. The zero-order chi connectivity index (χ0) is 12.3. The molecular weight excluding hydrogens is 224 g/mol. The Morgan fingerprint density at radius 3 is 2.67 bits per heavy atom. The number of nitrogens with zero attached hydrogens (tertiary/aromatic N) is 2. The number of benzene rings is 2. The number of hydrogen-bond donors (Lipinski definition) is 0. The molecule has 4 rings (SSSR count). The van der Waals surface area contributed by atoms with Crippen LogP contribution in [0.2, 0.25) is 0 Å². The predicted molar refractivity (Wildman–Crippen MR) is 72.7 cm³/mol. The minimum absolute atomic E-state index is 0.924. The van der Waals surface area contributed by atoms with E-state index < -0.39 is 0 Å². The van der Waals surface area contributed by atoms with Crippen LogP contribution in [0.5, 0.6) is 0 Å². The second kappa shape index (κ2) is 3.13. The van der Waals surface area contributed by atoms with Gasteiger partial charge in [-0.3, -0.25) is 4.68 Å². The molecule has 0 amide bonds. The molecule has 3 nitrogen and oxygen atoms in total. The zero-order valence-corrected chi connectivity index (χ0v) is 10.3. The normalized spacial score (nSPS) is 11.9. The Labute approximate surface area is 104 Å². The molecule has 0 aliphatic heterocycles. The number of aryl methyl sites for hydroxylation is 2. The highest BCUT2D eigenvalue weighted by molar-refractivity contribution is 6.22. The molecular formula is C15H12N2O. The number of aromatic nitrogens is 2. The van der Waals surface area contributed by atoms with Crippen LogP contribution in [0.15, 0.2) is 40.9 Å². The number of rotatable bonds is 0. The lowest BCUT2D eigenvalue weighted by atomic mass is 10.0. The first kappa shape index (κ1) is 9.71. The molecule has 0 fully saturated rings. The van der Waals surface area contributed by atoms with E-state index in [2.05, 4.69) is 35.6 Å². The summed E-state index contributed by atoms with van der Waals surface area (Å²) >= 11 is 0. The molecule has 4 aromatic rings. The fourth-order valence-corrected chi connectivity index (χ4v) is 2.69. The molecule has 0 aliphatic carbocycles. The number of hydrogen-bond acceptors (Lipinski definition) is 2. The molecule has 0 unspecified atom stereocenters. The highest BCUT2D eigenvalue weighted by Crippen LogP contribution is 2.35. The van der Waals surface area contributed by atoms with Gasteiger partial charge in [0.05, 0.1) is 0 Å². The Morgan fingerprint density at radius 1 is 1.06 bits per heavy atom. The summed E-state index contributed by atoms with van der Waals surface area (Å²) in [6, 6.07) is 10.4. The van der Waals surface area contributed by atoms with Gasteiger partial charge in [-0.1, -0.05) is 24.3 Å². The van der Waals surface area contributed by atoms with Crippen LogP contribution in [0.25, 0.3) is 32.6 Å². The van der Waals surface area contributed by atoms with Gasteiger partial charge in [-0.25, -0.2) is 0 Å². The molecule has 88 valence electrons. The smallest absolute Gasteiger partial charge is 0.144 e. The Kier molecular flexibility index (Phi) is 1.69. The van der Waals surface area contributed by atoms with Gasteiger partial charge in [0.1, 0.15) is 16.9 Å². The number of furan rings is 1. The topological polar surface area (TPSA) is 31.0 Å². The fraction of sp³-hybridized carbons (Fsp3) is 0.133. The maximum atomic E-state index is 5.85. The van der Waals surface area contributed by atoms with E-state index in [1.54, 1.807) is 0 Å². The van der Waals surface area contributed by atoms with Crippen LogP contribution in [0, 0.1) is 6.92 Å². The van der Waals surface area contributed by atoms with Crippen molar-refractivity contribution in [3.63, 3.8) is 0 Å². The average molecular weight is 236 g/mol. The van der Waals surface area contributed by atoms with Crippen LogP contribution in [0.4, 0.5) is 0 Å². The van der Waals surface area contributed by atoms with Crippen LogP contribution < -0.4 is 0 Å². The van der Waals surface area contributed by atoms with E-state index in [4.69, 9.17) is 4.42 Å². The van der Waals surface area contributed by atoms with Crippen molar-refractivity contribution in [1.82, 2.24) is 9.78 Å². The molecule has 2 aromatic heterocycles. The van der Waals surface area contributed by atoms with Crippen LogP contribution in [-0.2, 0) is 7.05 Å². The van der Waals surface area contributed by atoms with Gasteiger partial charge >= 0.3 is 0 Å². The monoisotopic (exact) mass is 236 g/mol. The van der Waals surface area contributed by atoms with E-state index in [-0.39, 0.29) is 0 Å². The summed E-state index contributed by atoms with van der Waals surface area (Å²) in [5, 5.41) is 9.19. The van der Waals surface area contributed by atoms with Gasteiger partial charge in [-0.15, -0.1) is 0 Å². The van der Waals surface area contributed by atoms with Crippen molar-refractivity contribution in [2.75, 3.05) is 0 Å². The van der Waals surface area contributed by atoms with Crippen LogP contribution in [0.1, 0.15) is 5.76 Å². The summed E-state index contributed by atoms with van der Waals surface area (Å²) < 4.78 is 7.71. The van der Waals surface area contributed by atoms with Gasteiger partial charge in [0.2, 0.25) is 0 Å². The van der Waals surface area contributed by atoms with E-state index in [0.29, 0.717) is 0 Å². The lowest BCUT2D eigenvalue weighted by Gasteiger charge is -2.00. The zero-order valence-electron chi connectivity index (χ0n) is 10.3. The highest BCUT2D eigenvalue weighted by atomic mass is 16.3. The van der Waals surface area contributed by atoms with Gasteiger partial charge in [0, 0.05) is 29.4 Å². The molecule has 3 heteroatoms. The fourth-order valence-electron chi connectivity index (χ4n) is 2.69. The van der Waals surface area contributed by atoms with E-state index >= 15 is 0 Å².